The molecule has 0 amide bonds. The molecule has 52 heavy (non-hydrogen) atoms. The van der Waals surface area contributed by atoms with Crippen molar-refractivity contribution < 1.29 is 27.8 Å². The third-order valence-corrected chi connectivity index (χ3v) is 10.6. The molecule has 3 heterocycles. The Morgan fingerprint density at radius 3 is 2.44 bits per heavy atom. The molecule has 2 aromatic carbocycles. The fourth-order valence-electron chi connectivity index (χ4n) is 6.55. The average Bonchev–Trinajstić information content (AvgIpc) is 3.75. The van der Waals surface area contributed by atoms with Crippen LogP contribution in [0.5, 0.6) is 5.88 Å². The molecule has 13 nitrogen and oxygen atoms in total. The predicted molar refractivity (Wildman–Crippen MR) is 198 cm³/mol. The summed E-state index contributed by atoms with van der Waals surface area (Å²) in [6, 6.07) is 14.4. The SMILES string of the molecule is Cc1cccc(C)c1-c1cc(OCC(COC2CCCC2)NCc2cnc3cc(C(C)C)n(C)c3n2)nc(NS(=O)(=O)c2cccc(C(=O)O)c2)n1. The standard InChI is InChI=1S/C38H45N7O6S/c1-23(2)33-17-32-36(45(33)5)41-27(20-40-32)19-39-28(21-50-29-13-6-7-14-29)22-51-34-18-31(35-24(3)10-8-11-25(35)4)42-38(43-34)44-52(48,49)30-15-9-12-26(16-30)37(46)47/h8-12,15-18,20,23,28-29,39H,6-7,13-14,19,21-22H2,1-5H3,(H,46,47)(H,42,43,44). The first-order chi connectivity index (χ1) is 24.9. The van der Waals surface area contributed by atoms with Crippen LogP contribution in [-0.4, -0.2) is 69.4 Å². The van der Waals surface area contributed by atoms with E-state index in [4.69, 9.17) is 14.5 Å². The molecule has 5 aromatic rings. The Balaban J connectivity index is 1.26. The van der Waals surface area contributed by atoms with Crippen LogP contribution >= 0.6 is 0 Å². The molecule has 3 aromatic heterocycles. The van der Waals surface area contributed by atoms with Crippen LogP contribution in [0.25, 0.3) is 22.4 Å². The minimum absolute atomic E-state index is 0.153. The average molecular weight is 728 g/mol. The minimum Gasteiger partial charge on any atom is -0.478 e. The van der Waals surface area contributed by atoms with E-state index in [0.29, 0.717) is 24.8 Å². The topological polar surface area (TPSA) is 170 Å². The van der Waals surface area contributed by atoms with Crippen LogP contribution in [0.15, 0.2) is 65.7 Å². The molecule has 0 bridgehead atoms. The smallest absolute Gasteiger partial charge is 0.335 e. The fraction of sp³-hybridized carbons (Fsp3) is 0.395. The van der Waals surface area contributed by atoms with Gasteiger partial charge in [-0.3, -0.25) is 4.98 Å². The van der Waals surface area contributed by atoms with Crippen molar-refractivity contribution in [3.05, 3.63) is 88.9 Å². The van der Waals surface area contributed by atoms with Crippen LogP contribution < -0.4 is 14.8 Å². The van der Waals surface area contributed by atoms with Gasteiger partial charge in [0.25, 0.3) is 10.0 Å². The van der Waals surface area contributed by atoms with E-state index in [1.54, 1.807) is 12.3 Å². The lowest BCUT2D eigenvalue weighted by Gasteiger charge is -2.22. The Kier molecular flexibility index (Phi) is 11.2. The molecule has 1 fully saturated rings. The third-order valence-electron chi connectivity index (χ3n) is 9.31. The Bertz CT molecular complexity index is 2160. The van der Waals surface area contributed by atoms with Gasteiger partial charge in [-0.25, -0.2) is 27.9 Å². The van der Waals surface area contributed by atoms with Gasteiger partial charge >= 0.3 is 5.97 Å². The van der Waals surface area contributed by atoms with Crippen molar-refractivity contribution in [3.63, 3.8) is 0 Å². The van der Waals surface area contributed by atoms with Crippen LogP contribution in [0.4, 0.5) is 5.95 Å². The molecule has 14 heteroatoms. The lowest BCUT2D eigenvalue weighted by atomic mass is 10.00. The van der Waals surface area contributed by atoms with Crippen molar-refractivity contribution in [1.29, 1.82) is 0 Å². The summed E-state index contributed by atoms with van der Waals surface area (Å²) in [6.07, 6.45) is 6.29. The van der Waals surface area contributed by atoms with Gasteiger partial charge in [-0.05, 0) is 68.0 Å². The summed E-state index contributed by atoms with van der Waals surface area (Å²) >= 11 is 0. The van der Waals surface area contributed by atoms with Crippen LogP contribution in [0.2, 0.25) is 0 Å². The minimum atomic E-state index is -4.26. The van der Waals surface area contributed by atoms with Crippen molar-refractivity contribution in [2.24, 2.45) is 7.05 Å². The summed E-state index contributed by atoms with van der Waals surface area (Å²) in [5, 5.41) is 12.9. The first kappa shape index (κ1) is 36.9. The number of anilines is 1. The second-order valence-electron chi connectivity index (χ2n) is 13.6. The Hall–Kier alpha value is -4.92. The first-order valence-electron chi connectivity index (χ1n) is 17.5. The van der Waals surface area contributed by atoms with E-state index < -0.39 is 16.0 Å². The van der Waals surface area contributed by atoms with Crippen LogP contribution in [0.1, 0.15) is 78.3 Å². The Morgan fingerprint density at radius 1 is 1.00 bits per heavy atom. The van der Waals surface area contributed by atoms with Gasteiger partial charge in [-0.2, -0.15) is 4.98 Å². The summed E-state index contributed by atoms with van der Waals surface area (Å²) in [5.41, 5.74) is 6.61. The molecule has 0 aliphatic heterocycles. The lowest BCUT2D eigenvalue weighted by Crippen LogP contribution is -2.39. The molecule has 1 aliphatic carbocycles. The fourth-order valence-corrected chi connectivity index (χ4v) is 7.53. The van der Waals surface area contributed by atoms with E-state index in [9.17, 15) is 18.3 Å². The van der Waals surface area contributed by atoms with Gasteiger partial charge < -0.3 is 24.5 Å². The third kappa shape index (κ3) is 8.57. The highest BCUT2D eigenvalue weighted by Gasteiger charge is 2.22. The molecule has 6 rings (SSSR count). The van der Waals surface area contributed by atoms with Crippen molar-refractivity contribution in [2.75, 3.05) is 17.9 Å². The van der Waals surface area contributed by atoms with Gasteiger partial charge in [0.05, 0.1) is 46.8 Å². The zero-order valence-corrected chi connectivity index (χ0v) is 30.9. The van der Waals surface area contributed by atoms with Crippen LogP contribution in [0, 0.1) is 13.8 Å². The number of nitrogens with zero attached hydrogens (tertiary/aromatic N) is 5. The molecule has 1 atom stereocenters. The lowest BCUT2D eigenvalue weighted by molar-refractivity contribution is 0.0327. The van der Waals surface area contributed by atoms with Gasteiger partial charge in [0.2, 0.25) is 11.8 Å². The van der Waals surface area contributed by atoms with Gasteiger partial charge in [0.1, 0.15) is 12.1 Å². The largest absolute Gasteiger partial charge is 0.478 e. The normalized spacial score (nSPS) is 14.3. The number of aromatic nitrogens is 5. The monoisotopic (exact) mass is 727 g/mol. The number of hydrogen-bond acceptors (Lipinski definition) is 10. The number of carbonyl (C=O) groups is 1. The van der Waals surface area contributed by atoms with Gasteiger partial charge in [-0.1, -0.05) is 51.0 Å². The summed E-state index contributed by atoms with van der Waals surface area (Å²) in [4.78, 5) is 29.9. The number of carboxylic acids is 1. The number of sulfonamides is 1. The molecule has 0 spiro atoms. The second-order valence-corrected chi connectivity index (χ2v) is 15.3. The number of nitrogens with one attached hydrogen (secondary N) is 2. The zero-order chi connectivity index (χ0) is 37.0. The number of ether oxygens (including phenoxy) is 2. The highest BCUT2D eigenvalue weighted by Crippen LogP contribution is 2.30. The summed E-state index contributed by atoms with van der Waals surface area (Å²) in [6.45, 7) is 9.15. The maximum absolute atomic E-state index is 13.4. The number of fused-ring (bicyclic) bond motifs is 1. The summed E-state index contributed by atoms with van der Waals surface area (Å²) in [7, 11) is -2.25. The molecule has 3 N–H and O–H groups in total. The highest BCUT2D eigenvalue weighted by atomic mass is 32.2. The Labute approximate surface area is 303 Å². The molecule has 1 aliphatic rings. The summed E-state index contributed by atoms with van der Waals surface area (Å²) < 4.78 is 44.0. The second kappa shape index (κ2) is 15.8. The molecule has 1 unspecified atom stereocenters. The van der Waals surface area contributed by atoms with Gasteiger partial charge in [0.15, 0.2) is 5.65 Å². The van der Waals surface area contributed by atoms with Gasteiger partial charge in [-0.15, -0.1) is 0 Å². The van der Waals surface area contributed by atoms with E-state index in [1.165, 1.54) is 18.2 Å². The maximum Gasteiger partial charge on any atom is 0.335 e. The van der Waals surface area contributed by atoms with E-state index in [0.717, 1.165) is 71.0 Å². The van der Waals surface area contributed by atoms with E-state index >= 15 is 0 Å². The maximum atomic E-state index is 13.4. The number of carboxylic acid groups (broad SMARTS) is 1. The number of benzene rings is 2. The van der Waals surface area contributed by atoms with E-state index in [2.05, 4.69) is 49.5 Å². The van der Waals surface area contributed by atoms with E-state index in [1.807, 2.05) is 39.1 Å². The highest BCUT2D eigenvalue weighted by molar-refractivity contribution is 7.92. The molecule has 274 valence electrons. The Morgan fingerprint density at radius 2 is 1.73 bits per heavy atom. The van der Waals surface area contributed by atoms with Crippen molar-refractivity contribution in [2.45, 2.75) is 82.9 Å². The number of aromatic carboxylic acids is 1. The first-order valence-corrected chi connectivity index (χ1v) is 19.0. The summed E-state index contributed by atoms with van der Waals surface area (Å²) in [5.74, 6) is -0.959. The zero-order valence-electron chi connectivity index (χ0n) is 30.1. The number of rotatable bonds is 15. The molecular weight excluding hydrogens is 683 g/mol. The van der Waals surface area contributed by atoms with Gasteiger partial charge in [0, 0.05) is 30.9 Å². The number of hydrogen-bond donors (Lipinski definition) is 3. The molecule has 0 saturated heterocycles. The van der Waals surface area contributed by atoms with Crippen LogP contribution in [-0.2, 0) is 28.4 Å². The van der Waals surface area contributed by atoms with Crippen LogP contribution in [0.3, 0.4) is 0 Å². The predicted octanol–water partition coefficient (Wildman–Crippen LogP) is 6.16. The van der Waals surface area contributed by atoms with Crippen molar-refractivity contribution in [1.82, 2.24) is 29.8 Å². The molecule has 0 radical (unpaired) electrons. The molecule has 1 saturated carbocycles. The number of aryl methyl sites for hydroxylation is 3. The quantitative estimate of drug-likeness (QED) is 0.113. The van der Waals surface area contributed by atoms with Crippen molar-refractivity contribution >= 4 is 33.1 Å². The van der Waals surface area contributed by atoms with E-state index in [-0.39, 0.29) is 41.0 Å². The molecular formula is C38H45N7O6S. The van der Waals surface area contributed by atoms with Crippen molar-refractivity contribution in [3.8, 4) is 17.1 Å².